The molecule has 0 amide bonds. The summed E-state index contributed by atoms with van der Waals surface area (Å²) < 4.78 is 2.39. The summed E-state index contributed by atoms with van der Waals surface area (Å²) in [5.74, 6) is 1.60. The van der Waals surface area contributed by atoms with Gasteiger partial charge in [-0.1, -0.05) is 13.5 Å². The molecule has 3 aliphatic rings. The molecule has 3 aromatic rings. The lowest BCUT2D eigenvalue weighted by Gasteiger charge is -2.37. The average molecular weight is 482 g/mol. The molecule has 0 radical (unpaired) electrons. The minimum absolute atomic E-state index is 0.605. The molecule has 1 saturated carbocycles. The lowest BCUT2D eigenvalue weighted by molar-refractivity contribution is 0.231. The Bertz CT molecular complexity index is 1330. The molecule has 2 aromatic heterocycles. The van der Waals surface area contributed by atoms with Gasteiger partial charge in [0.15, 0.2) is 0 Å². The number of hydrogen-bond acceptors (Lipinski definition) is 4. The van der Waals surface area contributed by atoms with Crippen LogP contribution < -0.4 is 5.32 Å². The van der Waals surface area contributed by atoms with E-state index in [4.69, 9.17) is 9.98 Å². The zero-order valence-corrected chi connectivity index (χ0v) is 22.1. The van der Waals surface area contributed by atoms with Gasteiger partial charge in [-0.3, -0.25) is 4.99 Å². The van der Waals surface area contributed by atoms with Crippen molar-refractivity contribution in [3.8, 4) is 0 Å². The number of benzene rings is 1. The van der Waals surface area contributed by atoms with Crippen molar-refractivity contribution in [2.24, 2.45) is 16.8 Å². The molecule has 3 fully saturated rings. The second-order valence-electron chi connectivity index (χ2n) is 11.1. The van der Waals surface area contributed by atoms with E-state index in [-0.39, 0.29) is 0 Å². The van der Waals surface area contributed by atoms with Crippen LogP contribution in [0.15, 0.2) is 48.1 Å². The summed E-state index contributed by atoms with van der Waals surface area (Å²) in [6.07, 6.45) is 8.11. The van der Waals surface area contributed by atoms with Gasteiger partial charge in [-0.15, -0.1) is 0 Å². The molecule has 0 bridgehead atoms. The predicted molar refractivity (Wildman–Crippen MR) is 150 cm³/mol. The highest BCUT2D eigenvalue weighted by Crippen LogP contribution is 2.35. The first-order valence-electron chi connectivity index (χ1n) is 13.8. The van der Waals surface area contributed by atoms with Crippen molar-refractivity contribution in [3.05, 3.63) is 65.5 Å². The molecule has 188 valence electrons. The van der Waals surface area contributed by atoms with Crippen LogP contribution in [-0.2, 0) is 13.0 Å². The molecule has 1 aromatic carbocycles. The third kappa shape index (κ3) is 4.39. The van der Waals surface area contributed by atoms with Gasteiger partial charge in [0.1, 0.15) is 5.65 Å². The second kappa shape index (κ2) is 9.51. The Morgan fingerprint density at radius 1 is 1.19 bits per heavy atom. The van der Waals surface area contributed by atoms with Crippen LogP contribution in [0.2, 0.25) is 0 Å². The summed E-state index contributed by atoms with van der Waals surface area (Å²) in [4.78, 5) is 12.5. The fourth-order valence-electron chi connectivity index (χ4n) is 6.23. The van der Waals surface area contributed by atoms with Crippen LogP contribution in [-0.4, -0.2) is 45.8 Å². The fraction of sp³-hybridized carbons (Fsp3) is 0.484. The number of aryl methyl sites for hydroxylation is 1. The minimum Gasteiger partial charge on any atom is -0.370 e. The third-order valence-electron chi connectivity index (χ3n) is 8.71. The smallest absolute Gasteiger partial charge is 0.140 e. The summed E-state index contributed by atoms with van der Waals surface area (Å²) in [6.45, 7) is 15.5. The maximum absolute atomic E-state index is 5.26. The van der Waals surface area contributed by atoms with E-state index in [9.17, 15) is 0 Å². The number of rotatable bonds is 7. The topological polar surface area (TPSA) is 45.5 Å². The van der Waals surface area contributed by atoms with Gasteiger partial charge in [0.2, 0.25) is 0 Å². The number of piperidine rings is 1. The summed E-state index contributed by atoms with van der Waals surface area (Å²) in [6, 6.07) is 11.7. The first-order chi connectivity index (χ1) is 17.5. The van der Waals surface area contributed by atoms with E-state index in [1.807, 2.05) is 12.3 Å². The van der Waals surface area contributed by atoms with Crippen molar-refractivity contribution in [2.45, 2.75) is 65.5 Å². The van der Waals surface area contributed by atoms with Crippen molar-refractivity contribution in [1.82, 2.24) is 19.8 Å². The molecular formula is C31H39N5. The SMILES string of the molecule is C=C(c1cc(CC)c(C)c(/N=C(\C)c2cc3cccnc3n2CC2CC2)c1)N1CCC2CCNC2C1. The number of aromatic nitrogens is 2. The monoisotopic (exact) mass is 481 g/mol. The van der Waals surface area contributed by atoms with Crippen molar-refractivity contribution in [3.63, 3.8) is 0 Å². The van der Waals surface area contributed by atoms with Gasteiger partial charge in [-0.05, 0) is 111 Å². The van der Waals surface area contributed by atoms with Gasteiger partial charge < -0.3 is 14.8 Å². The Labute approximate surface area is 215 Å². The van der Waals surface area contributed by atoms with E-state index in [1.165, 1.54) is 53.5 Å². The van der Waals surface area contributed by atoms with Crippen LogP contribution >= 0.6 is 0 Å². The first kappa shape index (κ1) is 23.5. The normalized spacial score (nSPS) is 22.3. The average Bonchev–Trinajstić information content (AvgIpc) is 3.46. The Kier molecular flexibility index (Phi) is 6.20. The van der Waals surface area contributed by atoms with Gasteiger partial charge in [0.25, 0.3) is 0 Å². The molecule has 2 aliphatic heterocycles. The molecule has 6 rings (SSSR count). The van der Waals surface area contributed by atoms with E-state index < -0.39 is 0 Å². The number of likely N-dealkylation sites (tertiary alicyclic amines) is 1. The summed E-state index contributed by atoms with van der Waals surface area (Å²) in [7, 11) is 0. The number of nitrogens with one attached hydrogen (secondary N) is 1. The molecule has 0 spiro atoms. The van der Waals surface area contributed by atoms with Crippen LogP contribution in [0, 0.1) is 18.8 Å². The number of pyridine rings is 1. The highest BCUT2D eigenvalue weighted by Gasteiger charge is 2.33. The van der Waals surface area contributed by atoms with Gasteiger partial charge in [0.05, 0.1) is 17.1 Å². The van der Waals surface area contributed by atoms with E-state index in [0.717, 1.165) is 67.2 Å². The largest absolute Gasteiger partial charge is 0.370 e. The van der Waals surface area contributed by atoms with Crippen LogP contribution in [0.3, 0.4) is 0 Å². The van der Waals surface area contributed by atoms with Crippen LogP contribution in [0.5, 0.6) is 0 Å². The molecule has 2 saturated heterocycles. The predicted octanol–water partition coefficient (Wildman–Crippen LogP) is 6.11. The molecule has 4 heterocycles. The maximum atomic E-state index is 5.26. The van der Waals surface area contributed by atoms with Crippen molar-refractivity contribution >= 4 is 28.1 Å². The standard InChI is InChI=1S/C31H39N5/c1-5-24-15-27(22(4)35-14-11-25-10-13-32-29(25)19-35)16-28(20(24)2)34-21(3)30-17-26-7-6-12-33-31(26)36(30)18-23-8-9-23/h6-7,12,15-17,23,25,29,32H,4-5,8-11,13-14,18-19H2,1-3H3/b34-21+. The number of nitrogens with zero attached hydrogens (tertiary/aromatic N) is 4. The fourth-order valence-corrected chi connectivity index (χ4v) is 6.23. The Balaban J connectivity index is 1.35. The molecular weight excluding hydrogens is 442 g/mol. The maximum Gasteiger partial charge on any atom is 0.140 e. The number of fused-ring (bicyclic) bond motifs is 2. The quantitative estimate of drug-likeness (QED) is 0.414. The van der Waals surface area contributed by atoms with E-state index in [1.54, 1.807) is 0 Å². The van der Waals surface area contributed by atoms with E-state index >= 15 is 0 Å². The molecule has 1 aliphatic carbocycles. The Morgan fingerprint density at radius 3 is 2.86 bits per heavy atom. The van der Waals surface area contributed by atoms with Gasteiger partial charge in [-0.2, -0.15) is 0 Å². The van der Waals surface area contributed by atoms with Crippen molar-refractivity contribution in [1.29, 1.82) is 0 Å². The molecule has 36 heavy (non-hydrogen) atoms. The zero-order valence-electron chi connectivity index (χ0n) is 22.1. The van der Waals surface area contributed by atoms with Gasteiger partial charge in [0, 0.05) is 43.0 Å². The summed E-state index contributed by atoms with van der Waals surface area (Å²) in [5, 5.41) is 4.90. The highest BCUT2D eigenvalue weighted by molar-refractivity contribution is 6.03. The zero-order chi connectivity index (χ0) is 24.8. The number of aliphatic imine (C=N–C) groups is 1. The molecule has 2 atom stereocenters. The minimum atomic E-state index is 0.605. The first-order valence-corrected chi connectivity index (χ1v) is 13.8. The Hall–Kier alpha value is -2.92. The molecule has 2 unspecified atom stereocenters. The van der Waals surface area contributed by atoms with E-state index in [2.05, 4.69) is 66.4 Å². The highest BCUT2D eigenvalue weighted by atomic mass is 15.2. The van der Waals surface area contributed by atoms with E-state index in [0.29, 0.717) is 6.04 Å². The summed E-state index contributed by atoms with van der Waals surface area (Å²) in [5.41, 5.74) is 9.35. The van der Waals surface area contributed by atoms with Crippen molar-refractivity contribution < 1.29 is 0 Å². The molecule has 1 N–H and O–H groups in total. The van der Waals surface area contributed by atoms with Crippen molar-refractivity contribution in [2.75, 3.05) is 19.6 Å². The van der Waals surface area contributed by atoms with Crippen LogP contribution in [0.4, 0.5) is 5.69 Å². The van der Waals surface area contributed by atoms with Crippen LogP contribution in [0.1, 0.15) is 61.9 Å². The lowest BCUT2D eigenvalue weighted by atomic mass is 9.91. The van der Waals surface area contributed by atoms with Gasteiger partial charge >= 0.3 is 0 Å². The number of hydrogen-bond donors (Lipinski definition) is 1. The van der Waals surface area contributed by atoms with Crippen LogP contribution in [0.25, 0.3) is 16.7 Å². The lowest BCUT2D eigenvalue weighted by Crippen LogP contribution is -2.45. The third-order valence-corrected chi connectivity index (χ3v) is 8.71. The Morgan fingerprint density at radius 2 is 2.06 bits per heavy atom. The molecule has 5 heteroatoms. The van der Waals surface area contributed by atoms with Gasteiger partial charge in [-0.25, -0.2) is 4.98 Å². The summed E-state index contributed by atoms with van der Waals surface area (Å²) >= 11 is 0. The second-order valence-corrected chi connectivity index (χ2v) is 11.1. The molecule has 5 nitrogen and oxygen atoms in total.